The van der Waals surface area contributed by atoms with E-state index in [1.54, 1.807) is 0 Å². The predicted molar refractivity (Wildman–Crippen MR) is 70.3 cm³/mol. The molecule has 3 N–H and O–H groups in total. The number of phenols is 1. The van der Waals surface area contributed by atoms with Crippen molar-refractivity contribution in [1.82, 2.24) is 15.5 Å². The third kappa shape index (κ3) is 2.84. The van der Waals surface area contributed by atoms with E-state index in [1.165, 1.54) is 0 Å². The highest BCUT2D eigenvalue weighted by atomic mass is 19.1. The molecule has 7 nitrogen and oxygen atoms in total. The molecule has 1 aliphatic heterocycles. The number of carbonyl (C=O) groups is 1. The number of benzene rings is 1. The van der Waals surface area contributed by atoms with Crippen LogP contribution in [0.4, 0.5) is 10.4 Å². The highest BCUT2D eigenvalue weighted by Crippen LogP contribution is 2.24. The zero-order valence-electron chi connectivity index (χ0n) is 11.0. The van der Waals surface area contributed by atoms with Crippen molar-refractivity contribution in [3.8, 4) is 5.75 Å². The SMILES string of the molecule is O=C(Nc1nnc(C2CCCN2)o1)c1cc(F)ccc1O. The van der Waals surface area contributed by atoms with Gasteiger partial charge in [0.15, 0.2) is 0 Å². The molecule has 8 heteroatoms. The largest absolute Gasteiger partial charge is 0.507 e. The Balaban J connectivity index is 1.74. The molecule has 2 heterocycles. The van der Waals surface area contributed by atoms with Crippen molar-refractivity contribution in [2.24, 2.45) is 0 Å². The second-order valence-electron chi connectivity index (χ2n) is 4.71. The Kier molecular flexibility index (Phi) is 3.53. The van der Waals surface area contributed by atoms with E-state index < -0.39 is 11.7 Å². The molecule has 1 aromatic heterocycles. The molecule has 1 aliphatic rings. The van der Waals surface area contributed by atoms with Crippen LogP contribution in [0.2, 0.25) is 0 Å². The number of hydrogen-bond acceptors (Lipinski definition) is 6. The number of halogens is 1. The summed E-state index contributed by atoms with van der Waals surface area (Å²) in [6.07, 6.45) is 1.91. The normalized spacial score (nSPS) is 17.9. The maximum atomic E-state index is 13.1. The number of aromatic nitrogens is 2. The van der Waals surface area contributed by atoms with Gasteiger partial charge in [0.05, 0.1) is 11.6 Å². The van der Waals surface area contributed by atoms with Gasteiger partial charge < -0.3 is 14.8 Å². The van der Waals surface area contributed by atoms with E-state index in [0.717, 1.165) is 37.6 Å². The third-order valence-electron chi connectivity index (χ3n) is 3.22. The Hall–Kier alpha value is -2.48. The average molecular weight is 292 g/mol. The standard InChI is InChI=1S/C13H13FN4O3/c14-7-3-4-10(19)8(6-7)11(20)16-13-18-17-12(21-13)9-2-1-5-15-9/h3-4,6,9,15,19H,1-2,5H2,(H,16,18,20). The average Bonchev–Trinajstić information content (AvgIpc) is 3.11. The van der Waals surface area contributed by atoms with Crippen molar-refractivity contribution in [1.29, 1.82) is 0 Å². The molecule has 0 spiro atoms. The molecule has 0 saturated carbocycles. The van der Waals surface area contributed by atoms with E-state index >= 15 is 0 Å². The number of amides is 1. The fourth-order valence-electron chi connectivity index (χ4n) is 2.18. The molecule has 110 valence electrons. The smallest absolute Gasteiger partial charge is 0.322 e. The third-order valence-corrected chi connectivity index (χ3v) is 3.22. The van der Waals surface area contributed by atoms with Crippen LogP contribution in [0.25, 0.3) is 0 Å². The molecule has 1 saturated heterocycles. The zero-order valence-corrected chi connectivity index (χ0v) is 11.0. The van der Waals surface area contributed by atoms with Gasteiger partial charge in [-0.05, 0) is 37.6 Å². The Labute approximate surface area is 119 Å². The van der Waals surface area contributed by atoms with Crippen molar-refractivity contribution in [2.75, 3.05) is 11.9 Å². The molecule has 21 heavy (non-hydrogen) atoms. The molecule has 1 atom stereocenters. The minimum atomic E-state index is -0.721. The van der Waals surface area contributed by atoms with Crippen molar-refractivity contribution in [2.45, 2.75) is 18.9 Å². The van der Waals surface area contributed by atoms with Gasteiger partial charge in [-0.15, -0.1) is 5.10 Å². The quantitative estimate of drug-likeness (QED) is 0.794. The maximum Gasteiger partial charge on any atom is 0.322 e. The van der Waals surface area contributed by atoms with Crippen molar-refractivity contribution < 1.29 is 18.7 Å². The fraction of sp³-hybridized carbons (Fsp3) is 0.308. The first-order chi connectivity index (χ1) is 10.1. The molecule has 0 aliphatic carbocycles. The highest BCUT2D eigenvalue weighted by Gasteiger charge is 2.23. The monoisotopic (exact) mass is 292 g/mol. The minimum absolute atomic E-state index is 0.00859. The van der Waals surface area contributed by atoms with Gasteiger partial charge in [0, 0.05) is 0 Å². The van der Waals surface area contributed by atoms with E-state index in [1.807, 2.05) is 0 Å². The number of hydrogen-bond donors (Lipinski definition) is 3. The summed E-state index contributed by atoms with van der Waals surface area (Å²) < 4.78 is 18.4. The number of rotatable bonds is 3. The summed E-state index contributed by atoms with van der Waals surface area (Å²) in [6.45, 7) is 0.881. The van der Waals surface area contributed by atoms with Crippen LogP contribution >= 0.6 is 0 Å². The number of aromatic hydroxyl groups is 1. The van der Waals surface area contributed by atoms with Gasteiger partial charge in [-0.3, -0.25) is 10.1 Å². The first-order valence-corrected chi connectivity index (χ1v) is 6.50. The Morgan fingerprint density at radius 2 is 2.33 bits per heavy atom. The summed E-state index contributed by atoms with van der Waals surface area (Å²) >= 11 is 0. The summed E-state index contributed by atoms with van der Waals surface area (Å²) in [6, 6.07) is 2.99. The van der Waals surface area contributed by atoms with Crippen LogP contribution in [0.3, 0.4) is 0 Å². The lowest BCUT2D eigenvalue weighted by atomic mass is 10.2. The minimum Gasteiger partial charge on any atom is -0.507 e. The van der Waals surface area contributed by atoms with E-state index in [4.69, 9.17) is 4.42 Å². The summed E-state index contributed by atoms with van der Waals surface area (Å²) in [4.78, 5) is 11.9. The molecule has 2 aromatic rings. The second-order valence-corrected chi connectivity index (χ2v) is 4.71. The summed E-state index contributed by atoms with van der Waals surface area (Å²) in [5.74, 6) is -1.28. The Bertz CT molecular complexity index is 667. The van der Waals surface area contributed by atoms with Gasteiger partial charge in [0.1, 0.15) is 11.6 Å². The molecule has 1 fully saturated rings. The topological polar surface area (TPSA) is 100 Å². The van der Waals surface area contributed by atoms with Crippen LogP contribution < -0.4 is 10.6 Å². The van der Waals surface area contributed by atoms with Crippen LogP contribution in [0, 0.1) is 5.82 Å². The van der Waals surface area contributed by atoms with Crippen LogP contribution in [-0.2, 0) is 0 Å². The lowest BCUT2D eigenvalue weighted by Crippen LogP contribution is -2.13. The van der Waals surface area contributed by atoms with Crippen LogP contribution in [0.5, 0.6) is 5.75 Å². The molecular formula is C13H13FN4O3. The Morgan fingerprint density at radius 1 is 1.48 bits per heavy atom. The van der Waals surface area contributed by atoms with E-state index in [9.17, 15) is 14.3 Å². The lowest BCUT2D eigenvalue weighted by Gasteiger charge is -2.04. The molecule has 3 rings (SSSR count). The first-order valence-electron chi connectivity index (χ1n) is 6.50. The molecule has 0 radical (unpaired) electrons. The van der Waals surface area contributed by atoms with Gasteiger partial charge in [-0.1, -0.05) is 5.10 Å². The molecule has 1 amide bonds. The second kappa shape index (κ2) is 5.49. The summed E-state index contributed by atoms with van der Waals surface area (Å²) in [7, 11) is 0. The van der Waals surface area contributed by atoms with Gasteiger partial charge in [0.2, 0.25) is 5.89 Å². The van der Waals surface area contributed by atoms with Crippen LogP contribution in [0.1, 0.15) is 35.1 Å². The number of phenolic OH excluding ortho intramolecular Hbond substituents is 1. The van der Waals surface area contributed by atoms with Crippen LogP contribution in [0.15, 0.2) is 22.6 Å². The van der Waals surface area contributed by atoms with Crippen molar-refractivity contribution in [3.63, 3.8) is 0 Å². The lowest BCUT2D eigenvalue weighted by molar-refractivity contribution is 0.102. The first kappa shape index (κ1) is 13.5. The molecular weight excluding hydrogens is 279 g/mol. The molecule has 1 unspecified atom stereocenters. The number of nitrogens with one attached hydrogen (secondary N) is 2. The summed E-state index contributed by atoms with van der Waals surface area (Å²) in [5, 5.41) is 22.7. The zero-order chi connectivity index (χ0) is 14.8. The predicted octanol–water partition coefficient (Wildman–Crippen LogP) is 1.59. The van der Waals surface area contributed by atoms with E-state index in [2.05, 4.69) is 20.8 Å². The molecule has 0 bridgehead atoms. The maximum absolute atomic E-state index is 13.1. The van der Waals surface area contributed by atoms with Gasteiger partial charge >= 0.3 is 6.01 Å². The van der Waals surface area contributed by atoms with Gasteiger partial charge in [-0.25, -0.2) is 4.39 Å². The van der Waals surface area contributed by atoms with Gasteiger partial charge in [-0.2, -0.15) is 0 Å². The Morgan fingerprint density at radius 3 is 3.10 bits per heavy atom. The number of anilines is 1. The van der Waals surface area contributed by atoms with E-state index in [-0.39, 0.29) is 23.4 Å². The van der Waals surface area contributed by atoms with Crippen molar-refractivity contribution in [3.05, 3.63) is 35.5 Å². The van der Waals surface area contributed by atoms with Gasteiger partial charge in [0.25, 0.3) is 5.91 Å². The van der Waals surface area contributed by atoms with E-state index in [0.29, 0.717) is 5.89 Å². The fourth-order valence-corrected chi connectivity index (χ4v) is 2.18. The number of carbonyl (C=O) groups excluding carboxylic acids is 1. The van der Waals surface area contributed by atoms with Crippen LogP contribution in [-0.4, -0.2) is 27.8 Å². The number of nitrogens with zero attached hydrogens (tertiary/aromatic N) is 2. The highest BCUT2D eigenvalue weighted by molar-refractivity contribution is 6.05. The van der Waals surface area contributed by atoms with Crippen molar-refractivity contribution >= 4 is 11.9 Å². The molecule has 1 aromatic carbocycles. The summed E-state index contributed by atoms with van der Waals surface area (Å²) in [5.41, 5.74) is -0.200.